The Bertz CT molecular complexity index is 2210. The van der Waals surface area contributed by atoms with Gasteiger partial charge in [-0.3, -0.25) is 29.0 Å². The van der Waals surface area contributed by atoms with Gasteiger partial charge in [-0.1, -0.05) is 113 Å². The Balaban J connectivity index is 0.991. The number of likely N-dealkylation sites (tertiary alicyclic amines) is 2. The van der Waals surface area contributed by atoms with E-state index in [-0.39, 0.29) is 29.4 Å². The number of carbonyl (C=O) groups is 4. The van der Waals surface area contributed by atoms with Gasteiger partial charge in [0.1, 0.15) is 30.0 Å². The minimum Gasteiger partial charge on any atom is -0.363 e. The molecule has 0 radical (unpaired) electrons. The number of hydrogen-bond acceptors (Lipinski definition) is 7. The molecule has 7 rings (SSSR count). The molecule has 2 N–H and O–H groups in total. The molecule has 2 unspecified atom stereocenters. The van der Waals surface area contributed by atoms with E-state index < -0.39 is 24.2 Å². The molecule has 0 spiro atoms. The van der Waals surface area contributed by atoms with Crippen molar-refractivity contribution in [2.45, 2.75) is 90.6 Å². The number of rotatable bonds is 19. The summed E-state index contributed by atoms with van der Waals surface area (Å²) in [4.78, 5) is 65.8. The van der Waals surface area contributed by atoms with Crippen LogP contribution in [0.5, 0.6) is 0 Å². The molecule has 0 aliphatic carbocycles. The van der Waals surface area contributed by atoms with Gasteiger partial charge in [0, 0.05) is 43.2 Å². The molecule has 2 aliphatic heterocycles. The van der Waals surface area contributed by atoms with E-state index in [0.717, 1.165) is 40.8 Å². The molecular weight excluding hydrogens is 830 g/mol. The largest absolute Gasteiger partial charge is 0.363 e. The van der Waals surface area contributed by atoms with E-state index in [1.807, 2.05) is 109 Å². The van der Waals surface area contributed by atoms with Crippen LogP contribution < -0.4 is 15.5 Å². The SMILES string of the molecule is CCN(CC)[C@@H](C(=O)N1CCCC1C(=O)Nc1ccc(CN(Cc2ccc(NC(=O)C3CCCN3C(=O)[C@@H](c3ccccc3)N(CC)CC)cc2)c2ccc(F)cc2)cc1)c1ccccc1. The normalized spacial score (nSPS) is 16.9. The van der Waals surface area contributed by atoms with E-state index in [2.05, 4.69) is 53.0 Å². The highest BCUT2D eigenvalue weighted by Crippen LogP contribution is 2.31. The molecule has 5 aromatic carbocycles. The van der Waals surface area contributed by atoms with Gasteiger partial charge in [0.25, 0.3) is 0 Å². The second-order valence-corrected chi connectivity index (χ2v) is 17.2. The van der Waals surface area contributed by atoms with Crippen LogP contribution in [0.3, 0.4) is 0 Å². The average Bonchev–Trinajstić information content (AvgIpc) is 4.06. The smallest absolute Gasteiger partial charge is 0.247 e. The second kappa shape index (κ2) is 22.7. The standard InChI is InChI=1S/C54H64FN7O4/c1-5-58(6-2)49(41-17-11-9-12-18-41)53(65)61-35-15-21-47(61)51(63)56-44-29-23-39(24-30-44)37-60(46-33-27-43(55)28-34-46)38-40-25-31-45(32-26-40)57-52(64)48-22-16-36-62(48)54(66)50(59(7-3)8-4)42-19-13-10-14-20-42/h9-14,17-20,23-34,47-50H,5-8,15-16,21-22,35-38H2,1-4H3,(H,56,63)(H,57,64)/t47?,48?,49-,50-/m1/s1. The van der Waals surface area contributed by atoms with Crippen LogP contribution >= 0.6 is 0 Å². The Hall–Kier alpha value is -6.37. The average molecular weight is 894 g/mol. The van der Waals surface area contributed by atoms with Gasteiger partial charge in [0.15, 0.2) is 0 Å². The van der Waals surface area contributed by atoms with Crippen molar-refractivity contribution in [3.8, 4) is 0 Å². The Kier molecular flexibility index (Phi) is 16.4. The fourth-order valence-electron chi connectivity index (χ4n) is 9.56. The zero-order valence-electron chi connectivity index (χ0n) is 38.7. The van der Waals surface area contributed by atoms with Crippen molar-refractivity contribution in [2.24, 2.45) is 0 Å². The molecule has 66 heavy (non-hydrogen) atoms. The van der Waals surface area contributed by atoms with Crippen molar-refractivity contribution in [1.82, 2.24) is 19.6 Å². The van der Waals surface area contributed by atoms with E-state index >= 15 is 0 Å². The number of hydrogen-bond donors (Lipinski definition) is 2. The molecule has 4 amide bonds. The minimum absolute atomic E-state index is 0.0504. The van der Waals surface area contributed by atoms with Gasteiger partial charge in [-0.05, 0) is 123 Å². The van der Waals surface area contributed by atoms with Crippen molar-refractivity contribution < 1.29 is 23.6 Å². The first-order valence-electron chi connectivity index (χ1n) is 23.6. The molecule has 0 aromatic heterocycles. The number of nitrogens with zero attached hydrogens (tertiary/aromatic N) is 5. The number of halogens is 1. The van der Waals surface area contributed by atoms with Crippen LogP contribution in [-0.4, -0.2) is 94.6 Å². The topological polar surface area (TPSA) is 109 Å². The summed E-state index contributed by atoms with van der Waals surface area (Å²) < 4.78 is 14.1. The maximum absolute atomic E-state index is 14.2. The number of benzene rings is 5. The third kappa shape index (κ3) is 11.3. The van der Waals surface area contributed by atoms with Gasteiger partial charge < -0.3 is 25.3 Å². The Morgan fingerprint density at radius 2 is 0.924 bits per heavy atom. The maximum Gasteiger partial charge on any atom is 0.247 e. The van der Waals surface area contributed by atoms with Crippen LogP contribution in [-0.2, 0) is 32.3 Å². The van der Waals surface area contributed by atoms with Crippen molar-refractivity contribution in [1.29, 1.82) is 0 Å². The fourth-order valence-corrected chi connectivity index (χ4v) is 9.56. The summed E-state index contributed by atoms with van der Waals surface area (Å²) in [5.74, 6) is -0.824. The van der Waals surface area contributed by atoms with Crippen LogP contribution in [0.25, 0.3) is 0 Å². The van der Waals surface area contributed by atoms with Gasteiger partial charge in [0.2, 0.25) is 23.6 Å². The van der Waals surface area contributed by atoms with Crippen molar-refractivity contribution in [3.63, 3.8) is 0 Å². The van der Waals surface area contributed by atoms with E-state index in [1.54, 1.807) is 21.9 Å². The quantitative estimate of drug-likeness (QED) is 0.0852. The summed E-state index contributed by atoms with van der Waals surface area (Å²) in [6.07, 6.45) is 2.71. The molecule has 2 saturated heterocycles. The summed E-state index contributed by atoms with van der Waals surface area (Å²) in [5.41, 5.74) is 5.93. The molecule has 0 saturated carbocycles. The van der Waals surface area contributed by atoms with Crippen molar-refractivity contribution >= 4 is 40.7 Å². The summed E-state index contributed by atoms with van der Waals surface area (Å²) in [6, 6.07) is 39.3. The predicted octanol–water partition coefficient (Wildman–Crippen LogP) is 9.06. The monoisotopic (exact) mass is 894 g/mol. The van der Waals surface area contributed by atoms with E-state index in [0.29, 0.717) is 76.6 Å². The number of nitrogens with one attached hydrogen (secondary N) is 2. The van der Waals surface area contributed by atoms with E-state index in [1.165, 1.54) is 12.1 Å². The van der Waals surface area contributed by atoms with Crippen molar-refractivity contribution in [2.75, 3.05) is 54.8 Å². The van der Waals surface area contributed by atoms with Crippen LogP contribution in [0.4, 0.5) is 21.5 Å². The number of carbonyl (C=O) groups excluding carboxylic acids is 4. The lowest BCUT2D eigenvalue weighted by Crippen LogP contribution is -2.48. The first kappa shape index (κ1) is 47.6. The van der Waals surface area contributed by atoms with Gasteiger partial charge >= 0.3 is 0 Å². The first-order chi connectivity index (χ1) is 32.1. The minimum atomic E-state index is -0.565. The molecule has 2 aliphatic rings. The molecule has 2 heterocycles. The molecular formula is C54H64FN7O4. The Morgan fingerprint density at radius 3 is 1.29 bits per heavy atom. The summed E-state index contributed by atoms with van der Waals surface area (Å²) >= 11 is 0. The lowest BCUT2D eigenvalue weighted by Gasteiger charge is -2.34. The molecule has 12 heteroatoms. The highest BCUT2D eigenvalue weighted by atomic mass is 19.1. The van der Waals surface area contributed by atoms with Gasteiger partial charge in [-0.15, -0.1) is 0 Å². The highest BCUT2D eigenvalue weighted by Gasteiger charge is 2.41. The number of anilines is 3. The third-order valence-electron chi connectivity index (χ3n) is 13.1. The second-order valence-electron chi connectivity index (χ2n) is 17.2. The van der Waals surface area contributed by atoms with Crippen LogP contribution in [0, 0.1) is 5.82 Å². The zero-order chi connectivity index (χ0) is 46.6. The van der Waals surface area contributed by atoms with Gasteiger partial charge in [-0.25, -0.2) is 4.39 Å². The van der Waals surface area contributed by atoms with E-state index in [4.69, 9.17) is 0 Å². The van der Waals surface area contributed by atoms with Gasteiger partial charge in [0.05, 0.1) is 0 Å². The number of amides is 4. The van der Waals surface area contributed by atoms with Crippen molar-refractivity contribution in [3.05, 3.63) is 162 Å². The summed E-state index contributed by atoms with van der Waals surface area (Å²) in [7, 11) is 0. The highest BCUT2D eigenvalue weighted by molar-refractivity contribution is 5.99. The first-order valence-corrected chi connectivity index (χ1v) is 23.6. The van der Waals surface area contributed by atoms with Crippen LogP contribution in [0.15, 0.2) is 133 Å². The lowest BCUT2D eigenvalue weighted by atomic mass is 10.0. The van der Waals surface area contributed by atoms with Gasteiger partial charge in [-0.2, -0.15) is 0 Å². The van der Waals surface area contributed by atoms with E-state index in [9.17, 15) is 23.6 Å². The lowest BCUT2D eigenvalue weighted by molar-refractivity contribution is -0.141. The molecule has 0 bridgehead atoms. The molecule has 5 aromatic rings. The summed E-state index contributed by atoms with van der Waals surface area (Å²) in [6.45, 7) is 13.1. The number of likely N-dealkylation sites (N-methyl/N-ethyl adjacent to an activating group) is 2. The fraction of sp³-hybridized carbons (Fsp3) is 0.370. The zero-order valence-corrected chi connectivity index (χ0v) is 38.7. The molecule has 4 atom stereocenters. The molecule has 346 valence electrons. The third-order valence-corrected chi connectivity index (χ3v) is 13.1. The predicted molar refractivity (Wildman–Crippen MR) is 260 cm³/mol. The Labute approximate surface area is 389 Å². The molecule has 2 fully saturated rings. The van der Waals surface area contributed by atoms with Crippen LogP contribution in [0.2, 0.25) is 0 Å². The summed E-state index contributed by atoms with van der Waals surface area (Å²) in [5, 5.41) is 6.15. The van der Waals surface area contributed by atoms with Crippen LogP contribution in [0.1, 0.15) is 87.7 Å². The Morgan fingerprint density at radius 1 is 0.545 bits per heavy atom. The maximum atomic E-state index is 14.2. The molecule has 11 nitrogen and oxygen atoms in total.